The molecule has 0 saturated carbocycles. The second kappa shape index (κ2) is 17.3. The van der Waals surface area contributed by atoms with Crippen LogP contribution in [0.15, 0.2) is 12.1 Å². The fourth-order valence-corrected chi connectivity index (χ4v) is 4.21. The van der Waals surface area contributed by atoms with Gasteiger partial charge in [0.15, 0.2) is 0 Å². The largest absolute Gasteiger partial charge is 0.324 e. The minimum absolute atomic E-state index is 0.0513. The number of anilines is 1. The van der Waals surface area contributed by atoms with Crippen LogP contribution in [-0.4, -0.2) is 19.0 Å². The highest BCUT2D eigenvalue weighted by molar-refractivity contribution is 5.93. The molecule has 2 N–H and O–H groups in total. The molecule has 1 aromatic rings. The van der Waals surface area contributed by atoms with Crippen molar-refractivity contribution in [2.24, 2.45) is 0 Å². The van der Waals surface area contributed by atoms with Crippen molar-refractivity contribution in [2.45, 2.75) is 118 Å². The van der Waals surface area contributed by atoms with Gasteiger partial charge in [-0.15, -0.1) is 0 Å². The highest BCUT2D eigenvalue weighted by Gasteiger charge is 2.07. The summed E-state index contributed by atoms with van der Waals surface area (Å²) in [6.45, 7) is 9.80. The van der Waals surface area contributed by atoms with E-state index < -0.39 is 0 Å². The van der Waals surface area contributed by atoms with Crippen LogP contribution in [0.3, 0.4) is 0 Å². The number of benzene rings is 1. The van der Waals surface area contributed by atoms with Crippen molar-refractivity contribution in [3.63, 3.8) is 0 Å². The first-order chi connectivity index (χ1) is 14.5. The lowest BCUT2D eigenvalue weighted by molar-refractivity contribution is -0.115. The van der Waals surface area contributed by atoms with Crippen molar-refractivity contribution >= 4 is 11.6 Å². The molecule has 0 aliphatic rings. The summed E-state index contributed by atoms with van der Waals surface area (Å²) in [5.41, 5.74) is 4.46. The third-order valence-corrected chi connectivity index (χ3v) is 5.93. The number of carbonyl (C=O) groups excluding carboxylic acids is 1. The smallest absolute Gasteiger partial charge is 0.238 e. The molecule has 0 unspecified atom stereocenters. The maximum absolute atomic E-state index is 12.2. The highest BCUT2D eigenvalue weighted by Crippen LogP contribution is 2.21. The standard InChI is InChI=1S/C27H48N2O/c1-5-6-7-8-9-10-11-12-13-14-15-16-17-18-19-28-22-26(30)29-27-24(3)20-23(2)21-25(27)4/h20-21,28H,5-19,22H2,1-4H3,(H,29,30). The van der Waals surface area contributed by atoms with E-state index >= 15 is 0 Å². The molecule has 0 aliphatic carbocycles. The number of hydrogen-bond donors (Lipinski definition) is 2. The van der Waals surface area contributed by atoms with Gasteiger partial charge in [-0.2, -0.15) is 0 Å². The van der Waals surface area contributed by atoms with Gasteiger partial charge in [0.25, 0.3) is 0 Å². The Morgan fingerprint density at radius 1 is 0.700 bits per heavy atom. The van der Waals surface area contributed by atoms with E-state index in [1.807, 2.05) is 0 Å². The molecule has 0 bridgehead atoms. The number of nitrogens with one attached hydrogen (secondary N) is 2. The van der Waals surface area contributed by atoms with Gasteiger partial charge in [-0.1, -0.05) is 108 Å². The minimum Gasteiger partial charge on any atom is -0.324 e. The molecule has 0 aromatic heterocycles. The molecule has 1 rings (SSSR count). The van der Waals surface area contributed by atoms with Crippen molar-refractivity contribution in [2.75, 3.05) is 18.4 Å². The SMILES string of the molecule is CCCCCCCCCCCCCCCCNCC(=O)Nc1c(C)cc(C)cc1C. The van der Waals surface area contributed by atoms with Gasteiger partial charge in [-0.3, -0.25) is 4.79 Å². The van der Waals surface area contributed by atoms with Crippen LogP contribution in [0.2, 0.25) is 0 Å². The first-order valence-electron chi connectivity index (χ1n) is 12.6. The Balaban J connectivity index is 1.90. The number of rotatable bonds is 18. The Labute approximate surface area is 186 Å². The average Bonchev–Trinajstić information content (AvgIpc) is 2.70. The molecule has 1 amide bonds. The zero-order valence-corrected chi connectivity index (χ0v) is 20.4. The second-order valence-electron chi connectivity index (χ2n) is 9.09. The summed E-state index contributed by atoms with van der Waals surface area (Å²) < 4.78 is 0. The zero-order chi connectivity index (χ0) is 22.0. The van der Waals surface area contributed by atoms with E-state index in [-0.39, 0.29) is 5.91 Å². The Morgan fingerprint density at radius 2 is 1.13 bits per heavy atom. The van der Waals surface area contributed by atoms with Gasteiger partial charge in [-0.05, 0) is 44.9 Å². The van der Waals surface area contributed by atoms with E-state index in [9.17, 15) is 4.79 Å². The molecule has 0 atom stereocenters. The molecule has 0 spiro atoms. The van der Waals surface area contributed by atoms with Gasteiger partial charge in [-0.25, -0.2) is 0 Å². The van der Waals surface area contributed by atoms with E-state index in [2.05, 4.69) is 50.5 Å². The highest BCUT2D eigenvalue weighted by atomic mass is 16.1. The molecule has 0 saturated heterocycles. The van der Waals surface area contributed by atoms with Crippen molar-refractivity contribution in [1.82, 2.24) is 5.32 Å². The Morgan fingerprint density at radius 3 is 1.60 bits per heavy atom. The predicted octanol–water partition coefficient (Wildman–Crippen LogP) is 7.62. The summed E-state index contributed by atoms with van der Waals surface area (Å²) >= 11 is 0. The van der Waals surface area contributed by atoms with Gasteiger partial charge in [0, 0.05) is 5.69 Å². The normalized spacial score (nSPS) is 11.1. The molecule has 3 nitrogen and oxygen atoms in total. The number of unbranched alkanes of at least 4 members (excludes halogenated alkanes) is 13. The van der Waals surface area contributed by atoms with Gasteiger partial charge >= 0.3 is 0 Å². The predicted molar refractivity (Wildman–Crippen MR) is 132 cm³/mol. The summed E-state index contributed by atoms with van der Waals surface area (Å²) in [6.07, 6.45) is 19.3. The molecule has 0 aliphatic heterocycles. The van der Waals surface area contributed by atoms with E-state index in [0.29, 0.717) is 6.54 Å². The quantitative estimate of drug-likeness (QED) is 0.242. The summed E-state index contributed by atoms with van der Waals surface area (Å²) in [5.74, 6) is 0.0513. The molecule has 0 fully saturated rings. The molecule has 30 heavy (non-hydrogen) atoms. The number of aryl methyl sites for hydroxylation is 3. The van der Waals surface area contributed by atoms with Crippen LogP contribution in [0, 0.1) is 20.8 Å². The molecule has 3 heteroatoms. The summed E-state index contributed by atoms with van der Waals surface area (Å²) in [4.78, 5) is 12.2. The zero-order valence-electron chi connectivity index (χ0n) is 20.4. The lowest BCUT2D eigenvalue weighted by atomic mass is 10.0. The molecular formula is C27H48N2O. The Bertz CT molecular complexity index is 559. The van der Waals surface area contributed by atoms with Crippen molar-refractivity contribution in [1.29, 1.82) is 0 Å². The topological polar surface area (TPSA) is 41.1 Å². The van der Waals surface area contributed by atoms with Crippen LogP contribution in [-0.2, 0) is 4.79 Å². The minimum atomic E-state index is 0.0513. The molecule has 0 heterocycles. The van der Waals surface area contributed by atoms with Gasteiger partial charge in [0.1, 0.15) is 0 Å². The molecule has 172 valence electrons. The van der Waals surface area contributed by atoms with Crippen molar-refractivity contribution < 1.29 is 4.79 Å². The van der Waals surface area contributed by atoms with Crippen LogP contribution < -0.4 is 10.6 Å². The Kier molecular flexibility index (Phi) is 15.4. The van der Waals surface area contributed by atoms with Gasteiger partial charge in [0.2, 0.25) is 5.91 Å². The lowest BCUT2D eigenvalue weighted by Gasteiger charge is -2.13. The number of hydrogen-bond acceptors (Lipinski definition) is 2. The summed E-state index contributed by atoms with van der Waals surface area (Å²) in [5, 5.41) is 6.34. The van der Waals surface area contributed by atoms with Crippen LogP contribution in [0.5, 0.6) is 0 Å². The fourth-order valence-electron chi connectivity index (χ4n) is 4.21. The van der Waals surface area contributed by atoms with E-state index in [1.165, 1.54) is 89.0 Å². The van der Waals surface area contributed by atoms with Gasteiger partial charge in [0.05, 0.1) is 6.54 Å². The second-order valence-corrected chi connectivity index (χ2v) is 9.09. The van der Waals surface area contributed by atoms with E-state index in [4.69, 9.17) is 0 Å². The summed E-state index contributed by atoms with van der Waals surface area (Å²) in [7, 11) is 0. The molecular weight excluding hydrogens is 368 g/mol. The van der Waals surface area contributed by atoms with E-state index in [0.717, 1.165) is 29.8 Å². The first kappa shape index (κ1) is 26.7. The maximum atomic E-state index is 12.2. The summed E-state index contributed by atoms with van der Waals surface area (Å²) in [6, 6.07) is 4.23. The van der Waals surface area contributed by atoms with Crippen LogP contribution in [0.25, 0.3) is 0 Å². The Hall–Kier alpha value is -1.35. The third-order valence-electron chi connectivity index (χ3n) is 5.93. The van der Waals surface area contributed by atoms with Gasteiger partial charge < -0.3 is 10.6 Å². The van der Waals surface area contributed by atoms with Crippen LogP contribution in [0.4, 0.5) is 5.69 Å². The van der Waals surface area contributed by atoms with Crippen molar-refractivity contribution in [3.05, 3.63) is 28.8 Å². The number of amides is 1. The first-order valence-corrected chi connectivity index (χ1v) is 12.6. The lowest BCUT2D eigenvalue weighted by Crippen LogP contribution is -2.29. The molecule has 0 radical (unpaired) electrons. The van der Waals surface area contributed by atoms with Crippen LogP contribution >= 0.6 is 0 Å². The third kappa shape index (κ3) is 13.1. The fraction of sp³-hybridized carbons (Fsp3) is 0.741. The monoisotopic (exact) mass is 416 g/mol. The average molecular weight is 417 g/mol. The van der Waals surface area contributed by atoms with Crippen molar-refractivity contribution in [3.8, 4) is 0 Å². The molecule has 1 aromatic carbocycles. The van der Waals surface area contributed by atoms with Crippen LogP contribution in [0.1, 0.15) is 114 Å². The van der Waals surface area contributed by atoms with E-state index in [1.54, 1.807) is 0 Å². The number of carbonyl (C=O) groups is 1. The maximum Gasteiger partial charge on any atom is 0.238 e.